The fourth-order valence-electron chi connectivity index (χ4n) is 4.07. The molecule has 2 fully saturated rings. The maximum Gasteiger partial charge on any atom is 0.227 e. The molecule has 3 rings (SSSR count). The van der Waals surface area contributed by atoms with E-state index in [1.807, 2.05) is 29.2 Å². The SMILES string of the molecule is COC[C@@]12CCCO[C@H]1CCN(C(=O)Cc1cccc(OC)c1)C2. The lowest BCUT2D eigenvalue weighted by atomic mass is 9.73. The zero-order valence-corrected chi connectivity index (χ0v) is 14.6. The zero-order chi connectivity index (χ0) is 17.0. The molecule has 0 unspecified atom stereocenters. The molecule has 0 aromatic heterocycles. The molecule has 5 nitrogen and oxygen atoms in total. The summed E-state index contributed by atoms with van der Waals surface area (Å²) in [5.74, 6) is 0.957. The normalized spacial score (nSPS) is 26.8. The third kappa shape index (κ3) is 3.57. The van der Waals surface area contributed by atoms with Crippen molar-refractivity contribution in [2.24, 2.45) is 5.41 Å². The average molecular weight is 333 g/mol. The Morgan fingerprint density at radius 3 is 3.08 bits per heavy atom. The van der Waals surface area contributed by atoms with Crippen molar-refractivity contribution >= 4 is 5.91 Å². The highest BCUT2D eigenvalue weighted by atomic mass is 16.5. The Labute approximate surface area is 143 Å². The second-order valence-corrected chi connectivity index (χ2v) is 6.89. The fraction of sp³-hybridized carbons (Fsp3) is 0.632. The van der Waals surface area contributed by atoms with Crippen LogP contribution in [-0.2, 0) is 20.7 Å². The first-order valence-electron chi connectivity index (χ1n) is 8.68. The number of piperidine rings is 1. The molecule has 2 aliphatic rings. The maximum atomic E-state index is 12.8. The van der Waals surface area contributed by atoms with Crippen LogP contribution in [0.3, 0.4) is 0 Å². The van der Waals surface area contributed by atoms with Gasteiger partial charge in [0.25, 0.3) is 0 Å². The predicted octanol–water partition coefficient (Wildman–Crippen LogP) is 2.28. The van der Waals surface area contributed by atoms with E-state index in [1.54, 1.807) is 14.2 Å². The first-order valence-corrected chi connectivity index (χ1v) is 8.68. The Morgan fingerprint density at radius 1 is 1.42 bits per heavy atom. The topological polar surface area (TPSA) is 48.0 Å². The minimum absolute atomic E-state index is 0.0463. The summed E-state index contributed by atoms with van der Waals surface area (Å²) in [7, 11) is 3.38. The molecule has 5 heteroatoms. The van der Waals surface area contributed by atoms with E-state index in [0.717, 1.165) is 50.3 Å². The predicted molar refractivity (Wildman–Crippen MR) is 91.2 cm³/mol. The molecule has 1 aromatic rings. The van der Waals surface area contributed by atoms with Gasteiger partial charge in [-0.2, -0.15) is 0 Å². The summed E-state index contributed by atoms with van der Waals surface area (Å²) in [5, 5.41) is 0. The highest BCUT2D eigenvalue weighted by Crippen LogP contribution is 2.40. The van der Waals surface area contributed by atoms with Gasteiger partial charge >= 0.3 is 0 Å². The largest absolute Gasteiger partial charge is 0.497 e. The van der Waals surface area contributed by atoms with Gasteiger partial charge in [0.2, 0.25) is 5.91 Å². The summed E-state index contributed by atoms with van der Waals surface area (Å²) in [5.41, 5.74) is 0.942. The van der Waals surface area contributed by atoms with Crippen molar-refractivity contribution in [3.8, 4) is 5.75 Å². The monoisotopic (exact) mass is 333 g/mol. The molecule has 0 aliphatic carbocycles. The first-order chi connectivity index (χ1) is 11.7. The Morgan fingerprint density at radius 2 is 2.29 bits per heavy atom. The average Bonchev–Trinajstić information content (AvgIpc) is 2.61. The first kappa shape index (κ1) is 17.2. The number of carbonyl (C=O) groups excluding carboxylic acids is 1. The zero-order valence-electron chi connectivity index (χ0n) is 14.6. The van der Waals surface area contributed by atoms with E-state index in [1.165, 1.54) is 0 Å². The highest BCUT2D eigenvalue weighted by Gasteiger charge is 2.46. The van der Waals surface area contributed by atoms with E-state index >= 15 is 0 Å². The highest BCUT2D eigenvalue weighted by molar-refractivity contribution is 5.79. The standard InChI is InChI=1S/C19H27NO4/c1-22-14-19-8-4-10-24-17(19)7-9-20(13-19)18(21)12-15-5-3-6-16(11-15)23-2/h3,5-6,11,17H,4,7-10,12-14H2,1-2H3/t17-,19-/m0/s1. The van der Waals surface area contributed by atoms with Crippen LogP contribution >= 0.6 is 0 Å². The number of fused-ring (bicyclic) bond motifs is 1. The number of rotatable bonds is 5. The van der Waals surface area contributed by atoms with Crippen LogP contribution in [0, 0.1) is 5.41 Å². The van der Waals surface area contributed by atoms with Gasteiger partial charge in [-0.25, -0.2) is 0 Å². The Hall–Kier alpha value is -1.59. The van der Waals surface area contributed by atoms with Crippen LogP contribution in [0.1, 0.15) is 24.8 Å². The van der Waals surface area contributed by atoms with Gasteiger partial charge in [0.1, 0.15) is 5.75 Å². The summed E-state index contributed by atoms with van der Waals surface area (Å²) >= 11 is 0. The van der Waals surface area contributed by atoms with Gasteiger partial charge < -0.3 is 19.1 Å². The lowest BCUT2D eigenvalue weighted by Crippen LogP contribution is -2.58. The Balaban J connectivity index is 1.68. The number of nitrogens with zero attached hydrogens (tertiary/aromatic N) is 1. The molecule has 0 saturated carbocycles. The molecule has 0 radical (unpaired) electrons. The summed E-state index contributed by atoms with van der Waals surface area (Å²) in [6, 6.07) is 7.72. The quantitative estimate of drug-likeness (QED) is 0.829. The van der Waals surface area contributed by atoms with E-state index in [4.69, 9.17) is 14.2 Å². The Kier molecular flexibility index (Phi) is 5.41. The lowest BCUT2D eigenvalue weighted by molar-refractivity contribution is -0.161. The van der Waals surface area contributed by atoms with E-state index in [-0.39, 0.29) is 17.4 Å². The fourth-order valence-corrected chi connectivity index (χ4v) is 4.07. The van der Waals surface area contributed by atoms with Crippen molar-refractivity contribution in [1.29, 1.82) is 0 Å². The summed E-state index contributed by atoms with van der Waals surface area (Å²) < 4.78 is 16.7. The molecule has 2 atom stereocenters. The van der Waals surface area contributed by atoms with Crippen molar-refractivity contribution in [3.63, 3.8) is 0 Å². The van der Waals surface area contributed by atoms with E-state index in [0.29, 0.717) is 13.0 Å². The van der Waals surface area contributed by atoms with Crippen molar-refractivity contribution in [2.45, 2.75) is 31.8 Å². The molecule has 24 heavy (non-hydrogen) atoms. The molecular formula is C19H27NO4. The molecular weight excluding hydrogens is 306 g/mol. The number of hydrogen-bond donors (Lipinski definition) is 0. The van der Waals surface area contributed by atoms with Crippen LogP contribution in [0.2, 0.25) is 0 Å². The number of ether oxygens (including phenoxy) is 3. The molecule has 0 N–H and O–H groups in total. The van der Waals surface area contributed by atoms with Crippen LogP contribution in [-0.4, -0.2) is 57.4 Å². The molecule has 2 heterocycles. The molecule has 0 bridgehead atoms. The summed E-state index contributed by atoms with van der Waals surface area (Å²) in [6.45, 7) is 2.97. The molecule has 1 aromatic carbocycles. The van der Waals surface area contributed by atoms with Crippen LogP contribution in [0.4, 0.5) is 0 Å². The second kappa shape index (κ2) is 7.53. The van der Waals surface area contributed by atoms with E-state index in [9.17, 15) is 4.79 Å². The van der Waals surface area contributed by atoms with Gasteiger partial charge in [0, 0.05) is 32.2 Å². The van der Waals surface area contributed by atoms with Crippen LogP contribution in [0.15, 0.2) is 24.3 Å². The Bertz CT molecular complexity index is 572. The number of methoxy groups -OCH3 is 2. The van der Waals surface area contributed by atoms with Crippen LogP contribution < -0.4 is 4.74 Å². The van der Waals surface area contributed by atoms with E-state index in [2.05, 4.69) is 0 Å². The van der Waals surface area contributed by atoms with Gasteiger partial charge in [-0.05, 0) is 37.0 Å². The summed E-state index contributed by atoms with van der Waals surface area (Å²) in [4.78, 5) is 14.8. The maximum absolute atomic E-state index is 12.8. The number of hydrogen-bond acceptors (Lipinski definition) is 4. The lowest BCUT2D eigenvalue weighted by Gasteiger charge is -2.50. The van der Waals surface area contributed by atoms with E-state index < -0.39 is 0 Å². The summed E-state index contributed by atoms with van der Waals surface area (Å²) in [6.07, 6.45) is 3.62. The molecule has 2 aliphatic heterocycles. The van der Waals surface area contributed by atoms with Gasteiger partial charge in [-0.3, -0.25) is 4.79 Å². The third-order valence-corrected chi connectivity index (χ3v) is 5.26. The minimum atomic E-state index is -0.0463. The van der Waals surface area contributed by atoms with Gasteiger partial charge in [0.05, 0.1) is 26.2 Å². The number of likely N-dealkylation sites (tertiary alicyclic amines) is 1. The minimum Gasteiger partial charge on any atom is -0.497 e. The van der Waals surface area contributed by atoms with Gasteiger partial charge in [-0.15, -0.1) is 0 Å². The van der Waals surface area contributed by atoms with Crippen molar-refractivity contribution in [2.75, 3.05) is 40.5 Å². The molecule has 2 saturated heterocycles. The van der Waals surface area contributed by atoms with Crippen molar-refractivity contribution < 1.29 is 19.0 Å². The van der Waals surface area contributed by atoms with Gasteiger partial charge in [0.15, 0.2) is 0 Å². The van der Waals surface area contributed by atoms with Crippen LogP contribution in [0.25, 0.3) is 0 Å². The second-order valence-electron chi connectivity index (χ2n) is 6.89. The number of benzene rings is 1. The molecule has 1 amide bonds. The number of carbonyl (C=O) groups is 1. The number of amides is 1. The van der Waals surface area contributed by atoms with Crippen molar-refractivity contribution in [3.05, 3.63) is 29.8 Å². The van der Waals surface area contributed by atoms with Crippen molar-refractivity contribution in [1.82, 2.24) is 4.90 Å². The molecule has 0 spiro atoms. The van der Waals surface area contributed by atoms with Crippen LogP contribution in [0.5, 0.6) is 5.75 Å². The smallest absolute Gasteiger partial charge is 0.227 e. The van der Waals surface area contributed by atoms with Gasteiger partial charge in [-0.1, -0.05) is 12.1 Å². The molecule has 132 valence electrons. The third-order valence-electron chi connectivity index (χ3n) is 5.26.